The molecule has 0 unspecified atom stereocenters. The summed E-state index contributed by atoms with van der Waals surface area (Å²) < 4.78 is 4.58. The third-order valence-corrected chi connectivity index (χ3v) is 13.0. The van der Waals surface area contributed by atoms with Crippen molar-refractivity contribution < 1.29 is 0 Å². The predicted molar refractivity (Wildman–Crippen MR) is 287 cm³/mol. The highest BCUT2D eigenvalue weighted by Gasteiger charge is 2.19. The van der Waals surface area contributed by atoms with Gasteiger partial charge in [0.2, 0.25) is 0 Å². The first kappa shape index (κ1) is 41.9. The van der Waals surface area contributed by atoms with Crippen molar-refractivity contribution in [2.24, 2.45) is 0 Å². The van der Waals surface area contributed by atoms with Gasteiger partial charge in [-0.2, -0.15) is 0 Å². The maximum Gasteiger partial charge on any atom is 0.0702 e. The molecule has 0 aliphatic heterocycles. The fourth-order valence-electron chi connectivity index (χ4n) is 9.56. The summed E-state index contributed by atoms with van der Waals surface area (Å²) in [7, 11) is 0. The Morgan fingerprint density at radius 1 is 0.229 bits per heavy atom. The maximum absolute atomic E-state index is 4.76. The lowest BCUT2D eigenvalue weighted by Crippen LogP contribution is -2.00. The Kier molecular flexibility index (Phi) is 11.2. The lowest BCUT2D eigenvalue weighted by atomic mass is 9.87. The van der Waals surface area contributed by atoms with E-state index in [1.165, 1.54) is 11.1 Å². The van der Waals surface area contributed by atoms with E-state index >= 15 is 0 Å². The van der Waals surface area contributed by atoms with Gasteiger partial charge in [0.25, 0.3) is 0 Å². The van der Waals surface area contributed by atoms with Crippen molar-refractivity contribution in [1.29, 1.82) is 0 Å². The van der Waals surface area contributed by atoms with E-state index in [4.69, 9.17) is 4.98 Å². The van der Waals surface area contributed by atoms with Crippen molar-refractivity contribution in [3.63, 3.8) is 0 Å². The summed E-state index contributed by atoms with van der Waals surface area (Å²) >= 11 is 0. The summed E-state index contributed by atoms with van der Waals surface area (Å²) in [6.07, 6.45) is 9.85. The molecule has 0 saturated heterocycles. The normalized spacial score (nSPS) is 11.1. The highest BCUT2D eigenvalue weighted by Crippen LogP contribution is 2.43. The molecule has 70 heavy (non-hydrogen) atoms. The summed E-state index contributed by atoms with van der Waals surface area (Å²) in [6.45, 7) is 0. The van der Waals surface area contributed by atoms with Crippen molar-refractivity contribution in [1.82, 2.24) is 24.1 Å². The number of hydrogen-bond donors (Lipinski definition) is 0. The molecule has 5 heteroatoms. The fourth-order valence-corrected chi connectivity index (χ4v) is 9.56. The molecule has 0 fully saturated rings. The van der Waals surface area contributed by atoms with Crippen LogP contribution < -0.4 is 0 Å². The molecule has 12 rings (SSSR count). The Bertz CT molecular complexity index is 3570. The van der Waals surface area contributed by atoms with E-state index < -0.39 is 0 Å². The first-order chi connectivity index (χ1) is 34.7. The quantitative estimate of drug-likeness (QED) is 0.130. The molecule has 0 atom stereocenters. The van der Waals surface area contributed by atoms with Crippen molar-refractivity contribution in [3.8, 4) is 112 Å². The fraction of sp³-hybridized carbons (Fsp3) is 0. The van der Waals surface area contributed by atoms with Crippen LogP contribution >= 0.6 is 0 Å². The van der Waals surface area contributed by atoms with Gasteiger partial charge >= 0.3 is 0 Å². The van der Waals surface area contributed by atoms with Crippen LogP contribution in [0.4, 0.5) is 0 Å². The molecule has 0 spiro atoms. The zero-order valence-electron chi connectivity index (χ0n) is 38.2. The Hall–Kier alpha value is -9.45. The minimum Gasteiger partial charge on any atom is -0.317 e. The molecular weight excluding hydrogens is 851 g/mol. The molecule has 0 N–H and O–H groups in total. The third kappa shape index (κ3) is 8.33. The molecular formula is C65H45N5. The van der Waals surface area contributed by atoms with Crippen LogP contribution in [0.3, 0.4) is 0 Å². The molecule has 5 heterocycles. The minimum absolute atomic E-state index is 0.935. The van der Waals surface area contributed by atoms with Gasteiger partial charge in [-0.3, -0.25) is 15.0 Å². The number of pyridine rings is 3. The average Bonchev–Trinajstić information content (AvgIpc) is 4.16. The molecule has 5 nitrogen and oxygen atoms in total. The summed E-state index contributed by atoms with van der Waals surface area (Å²) in [5.74, 6) is 0. The largest absolute Gasteiger partial charge is 0.317 e. The predicted octanol–water partition coefficient (Wildman–Crippen LogP) is 16.5. The summed E-state index contributed by atoms with van der Waals surface area (Å²) in [4.78, 5) is 14.0. The second kappa shape index (κ2) is 18.7. The van der Waals surface area contributed by atoms with Crippen LogP contribution in [0.25, 0.3) is 112 Å². The second-order valence-electron chi connectivity index (χ2n) is 17.3. The van der Waals surface area contributed by atoms with E-state index in [1.54, 1.807) is 0 Å². The van der Waals surface area contributed by atoms with Crippen LogP contribution in [0.2, 0.25) is 0 Å². The van der Waals surface area contributed by atoms with Gasteiger partial charge in [0.1, 0.15) is 0 Å². The van der Waals surface area contributed by atoms with Crippen molar-refractivity contribution in [2.75, 3.05) is 0 Å². The smallest absolute Gasteiger partial charge is 0.0702 e. The highest BCUT2D eigenvalue weighted by molar-refractivity contribution is 5.95. The number of nitrogens with zero attached hydrogens (tertiary/aromatic N) is 5. The summed E-state index contributed by atoms with van der Waals surface area (Å²) in [5, 5.41) is 0. The van der Waals surface area contributed by atoms with Gasteiger partial charge in [-0.05, 0) is 147 Å². The average molecular weight is 896 g/mol. The lowest BCUT2D eigenvalue weighted by molar-refractivity contribution is 1.07. The van der Waals surface area contributed by atoms with Crippen molar-refractivity contribution in [3.05, 3.63) is 274 Å². The molecule has 7 aromatic carbocycles. The summed E-state index contributed by atoms with van der Waals surface area (Å²) in [6, 6.07) is 86.2. The molecule has 0 amide bonds. The van der Waals surface area contributed by atoms with Crippen LogP contribution in [0, 0.1) is 0 Å². The highest BCUT2D eigenvalue weighted by atomic mass is 15.0. The maximum atomic E-state index is 4.76. The van der Waals surface area contributed by atoms with E-state index in [0.29, 0.717) is 0 Å². The van der Waals surface area contributed by atoms with Crippen LogP contribution in [-0.2, 0) is 0 Å². The number of aromatic nitrogens is 5. The van der Waals surface area contributed by atoms with Gasteiger partial charge < -0.3 is 9.13 Å². The van der Waals surface area contributed by atoms with Gasteiger partial charge in [0.15, 0.2) is 0 Å². The topological polar surface area (TPSA) is 48.5 Å². The van der Waals surface area contributed by atoms with Crippen LogP contribution in [0.5, 0.6) is 0 Å². The molecule has 0 aliphatic rings. The monoisotopic (exact) mass is 895 g/mol. The molecule has 0 saturated carbocycles. The van der Waals surface area contributed by atoms with Gasteiger partial charge in [-0.25, -0.2) is 0 Å². The van der Waals surface area contributed by atoms with Crippen LogP contribution in [-0.4, -0.2) is 24.1 Å². The molecule has 0 radical (unpaired) electrons. The Balaban J connectivity index is 1.01. The lowest BCUT2D eigenvalue weighted by Gasteiger charge is -2.19. The summed E-state index contributed by atoms with van der Waals surface area (Å²) in [5.41, 5.74) is 21.7. The number of benzene rings is 7. The standard InChI is InChI=1S/C65H45N5/c1-2-14-46(15-3-1)47-23-25-48(26-24-47)60-45-52(63-20-8-11-39-68-63)33-36-59(60)58-17-5-4-16-57(58)53-42-54(65-22-13-40-69(65)55-34-31-50(32-35-55)62-19-7-10-38-67-62)44-56(43-53)70-41-12-21-64(70)51-29-27-49(28-30-51)61-18-6-9-37-66-61/h1-45H. The van der Waals surface area contributed by atoms with E-state index in [-0.39, 0.29) is 0 Å². The van der Waals surface area contributed by atoms with Gasteiger partial charge in [-0.1, -0.05) is 146 Å². The molecule has 330 valence electrons. The zero-order valence-corrected chi connectivity index (χ0v) is 38.2. The van der Waals surface area contributed by atoms with E-state index in [1.807, 2.05) is 67.1 Å². The van der Waals surface area contributed by atoms with E-state index in [0.717, 1.165) is 101 Å². The number of hydrogen-bond acceptors (Lipinski definition) is 3. The first-order valence-electron chi connectivity index (χ1n) is 23.6. The Labute approximate surface area is 408 Å². The second-order valence-corrected chi connectivity index (χ2v) is 17.3. The molecule has 12 aromatic rings. The number of rotatable bonds is 11. The van der Waals surface area contributed by atoms with Gasteiger partial charge in [-0.15, -0.1) is 0 Å². The van der Waals surface area contributed by atoms with Gasteiger partial charge in [0.05, 0.1) is 28.5 Å². The molecule has 5 aromatic heterocycles. The Morgan fingerprint density at radius 2 is 0.686 bits per heavy atom. The van der Waals surface area contributed by atoms with Crippen LogP contribution in [0.15, 0.2) is 274 Å². The minimum atomic E-state index is 0.935. The SMILES string of the molecule is c1ccc(-c2ccc(-c3cc(-c4ccccn4)ccc3-c3ccccc3-c3cc(-c4cccn4-c4ccc(-c5ccccn5)cc4)cc(-n4cccc4-c4ccc(-c5ccccn5)cc4)c3)cc2)cc1. The zero-order chi connectivity index (χ0) is 46.6. The van der Waals surface area contributed by atoms with Crippen molar-refractivity contribution >= 4 is 0 Å². The van der Waals surface area contributed by atoms with Crippen molar-refractivity contribution in [2.45, 2.75) is 0 Å². The van der Waals surface area contributed by atoms with E-state index in [9.17, 15) is 0 Å². The van der Waals surface area contributed by atoms with Gasteiger partial charge in [0, 0.05) is 64.6 Å². The van der Waals surface area contributed by atoms with E-state index in [2.05, 4.69) is 226 Å². The van der Waals surface area contributed by atoms with Crippen LogP contribution in [0.1, 0.15) is 0 Å². The Morgan fingerprint density at radius 3 is 1.31 bits per heavy atom. The molecule has 0 bridgehead atoms. The first-order valence-corrected chi connectivity index (χ1v) is 23.6. The third-order valence-electron chi connectivity index (χ3n) is 13.0. The molecule has 0 aliphatic carbocycles.